The lowest BCUT2D eigenvalue weighted by Gasteiger charge is -2.11. The summed E-state index contributed by atoms with van der Waals surface area (Å²) in [5.74, 6) is 0.132. The molecule has 0 fully saturated rings. The molecule has 1 amide bonds. The molecule has 0 aliphatic carbocycles. The van der Waals surface area contributed by atoms with E-state index in [9.17, 15) is 9.59 Å². The van der Waals surface area contributed by atoms with E-state index in [1.165, 1.54) is 7.11 Å². The van der Waals surface area contributed by atoms with Crippen LogP contribution in [-0.2, 0) is 6.54 Å². The zero-order chi connectivity index (χ0) is 22.0. The Labute approximate surface area is 183 Å². The summed E-state index contributed by atoms with van der Waals surface area (Å²) in [6.45, 7) is 2.11. The highest BCUT2D eigenvalue weighted by atomic mass is 35.5. The smallest absolute Gasteiger partial charge is 0.260 e. The highest BCUT2D eigenvalue weighted by molar-refractivity contribution is 6.32. The third kappa shape index (κ3) is 4.27. The van der Waals surface area contributed by atoms with Crippen molar-refractivity contribution in [1.29, 1.82) is 0 Å². The number of anilines is 1. The Kier molecular flexibility index (Phi) is 5.68. The molecule has 0 atom stereocenters. The molecule has 0 saturated carbocycles. The fourth-order valence-electron chi connectivity index (χ4n) is 3.29. The summed E-state index contributed by atoms with van der Waals surface area (Å²) in [6.07, 6.45) is 5.09. The van der Waals surface area contributed by atoms with Gasteiger partial charge in [-0.05, 0) is 48.9 Å². The Balaban J connectivity index is 1.68. The lowest BCUT2D eigenvalue weighted by Crippen LogP contribution is -2.22. The van der Waals surface area contributed by atoms with Crippen LogP contribution in [0.15, 0.2) is 65.8 Å². The number of nitrogens with zero attached hydrogens (tertiary/aromatic N) is 3. The number of hydrogen-bond donors (Lipinski definition) is 1. The normalized spacial score (nSPS) is 10.8. The zero-order valence-corrected chi connectivity index (χ0v) is 17.7. The summed E-state index contributed by atoms with van der Waals surface area (Å²) >= 11 is 6.14. The monoisotopic (exact) mass is 434 g/mol. The number of carbonyl (C=O) groups excluding carboxylic acids is 1. The summed E-state index contributed by atoms with van der Waals surface area (Å²) in [7, 11) is 1.52. The second-order valence-corrected chi connectivity index (χ2v) is 7.37. The standard InChI is InChI=1S/C23H19ClN4O3/c1-14-17(22(29)27-16-5-6-21(31-2)19(24)10-16)11-18-20(26-14)7-9-28(23(18)30)13-15-4-3-8-25-12-15/h3-12H,13H2,1-2H3,(H,27,29). The minimum Gasteiger partial charge on any atom is -0.495 e. The molecule has 0 radical (unpaired) electrons. The summed E-state index contributed by atoms with van der Waals surface area (Å²) in [5.41, 5.74) is 2.56. The van der Waals surface area contributed by atoms with Crippen LogP contribution in [0, 0.1) is 6.92 Å². The number of fused-ring (bicyclic) bond motifs is 1. The van der Waals surface area contributed by atoms with Crippen LogP contribution in [0.2, 0.25) is 5.02 Å². The van der Waals surface area contributed by atoms with Crippen molar-refractivity contribution in [3.63, 3.8) is 0 Å². The van der Waals surface area contributed by atoms with Crippen molar-refractivity contribution in [2.45, 2.75) is 13.5 Å². The summed E-state index contributed by atoms with van der Waals surface area (Å²) in [5, 5.41) is 3.55. The van der Waals surface area contributed by atoms with E-state index in [0.717, 1.165) is 5.56 Å². The molecule has 3 aromatic heterocycles. The van der Waals surface area contributed by atoms with E-state index in [1.54, 1.807) is 60.4 Å². The fourth-order valence-corrected chi connectivity index (χ4v) is 3.55. The quantitative estimate of drug-likeness (QED) is 0.512. The molecule has 1 aromatic carbocycles. The average molecular weight is 435 g/mol. The molecule has 4 aromatic rings. The van der Waals surface area contributed by atoms with Crippen molar-refractivity contribution in [2.24, 2.45) is 0 Å². The number of hydrogen-bond acceptors (Lipinski definition) is 5. The van der Waals surface area contributed by atoms with Crippen LogP contribution in [0.1, 0.15) is 21.6 Å². The third-order valence-corrected chi connectivity index (χ3v) is 5.17. The first-order valence-corrected chi connectivity index (χ1v) is 9.88. The van der Waals surface area contributed by atoms with Gasteiger partial charge in [-0.15, -0.1) is 0 Å². The van der Waals surface area contributed by atoms with Gasteiger partial charge in [0.15, 0.2) is 0 Å². The number of rotatable bonds is 5. The Bertz CT molecular complexity index is 1340. The van der Waals surface area contributed by atoms with Crippen LogP contribution in [0.4, 0.5) is 5.69 Å². The molecule has 4 rings (SSSR count). The first-order chi connectivity index (χ1) is 15.0. The molecule has 31 heavy (non-hydrogen) atoms. The molecular weight excluding hydrogens is 416 g/mol. The van der Waals surface area contributed by atoms with Crippen molar-refractivity contribution in [2.75, 3.05) is 12.4 Å². The number of aromatic nitrogens is 3. The summed E-state index contributed by atoms with van der Waals surface area (Å²) < 4.78 is 6.70. The first kappa shape index (κ1) is 20.6. The van der Waals surface area contributed by atoms with Gasteiger partial charge in [0.05, 0.1) is 40.8 Å². The molecule has 0 spiro atoms. The number of carbonyl (C=O) groups is 1. The SMILES string of the molecule is COc1ccc(NC(=O)c2cc3c(=O)n(Cc4cccnc4)ccc3nc2C)cc1Cl. The Morgan fingerprint density at radius 2 is 2.06 bits per heavy atom. The number of methoxy groups -OCH3 is 1. The number of halogens is 1. The molecule has 1 N–H and O–H groups in total. The van der Waals surface area contributed by atoms with Crippen LogP contribution in [0.5, 0.6) is 5.75 Å². The molecule has 0 aliphatic rings. The number of aryl methyl sites for hydroxylation is 1. The minimum atomic E-state index is -0.379. The van der Waals surface area contributed by atoms with E-state index in [-0.39, 0.29) is 11.5 Å². The van der Waals surface area contributed by atoms with Gasteiger partial charge < -0.3 is 14.6 Å². The van der Waals surface area contributed by atoms with E-state index in [1.807, 2.05) is 12.1 Å². The molecule has 8 heteroatoms. The van der Waals surface area contributed by atoms with Gasteiger partial charge in [-0.25, -0.2) is 0 Å². The molecule has 0 aliphatic heterocycles. The van der Waals surface area contributed by atoms with Gasteiger partial charge in [-0.2, -0.15) is 0 Å². The van der Waals surface area contributed by atoms with Crippen molar-refractivity contribution < 1.29 is 9.53 Å². The maximum Gasteiger partial charge on any atom is 0.260 e. The van der Waals surface area contributed by atoms with Gasteiger partial charge in [0.1, 0.15) is 5.75 Å². The highest BCUT2D eigenvalue weighted by Crippen LogP contribution is 2.27. The van der Waals surface area contributed by atoms with E-state index >= 15 is 0 Å². The second-order valence-electron chi connectivity index (χ2n) is 6.97. The van der Waals surface area contributed by atoms with E-state index < -0.39 is 0 Å². The molecule has 0 unspecified atom stereocenters. The van der Waals surface area contributed by atoms with Gasteiger partial charge in [0.25, 0.3) is 11.5 Å². The fraction of sp³-hybridized carbons (Fsp3) is 0.130. The lowest BCUT2D eigenvalue weighted by atomic mass is 10.1. The van der Waals surface area contributed by atoms with E-state index in [0.29, 0.717) is 45.2 Å². The lowest BCUT2D eigenvalue weighted by molar-refractivity contribution is 0.102. The zero-order valence-electron chi connectivity index (χ0n) is 16.9. The molecule has 0 saturated heterocycles. The van der Waals surface area contributed by atoms with Gasteiger partial charge in [-0.1, -0.05) is 17.7 Å². The molecule has 156 valence electrons. The largest absolute Gasteiger partial charge is 0.495 e. The minimum absolute atomic E-state index is 0.226. The number of ether oxygens (including phenoxy) is 1. The Hall–Kier alpha value is -3.71. The first-order valence-electron chi connectivity index (χ1n) is 9.51. The van der Waals surface area contributed by atoms with Crippen LogP contribution in [0.3, 0.4) is 0 Å². The Morgan fingerprint density at radius 3 is 2.77 bits per heavy atom. The van der Waals surface area contributed by atoms with Crippen molar-refractivity contribution in [1.82, 2.24) is 14.5 Å². The topological polar surface area (TPSA) is 86.1 Å². The number of benzene rings is 1. The average Bonchev–Trinajstić information content (AvgIpc) is 2.76. The van der Waals surface area contributed by atoms with Gasteiger partial charge in [0.2, 0.25) is 0 Å². The summed E-state index contributed by atoms with van der Waals surface area (Å²) in [6, 6.07) is 12.0. The van der Waals surface area contributed by atoms with Crippen molar-refractivity contribution in [3.8, 4) is 5.75 Å². The van der Waals surface area contributed by atoms with E-state index in [2.05, 4.69) is 15.3 Å². The number of nitrogens with one attached hydrogen (secondary N) is 1. The van der Waals surface area contributed by atoms with Gasteiger partial charge >= 0.3 is 0 Å². The van der Waals surface area contributed by atoms with Crippen LogP contribution >= 0.6 is 11.6 Å². The van der Waals surface area contributed by atoms with E-state index in [4.69, 9.17) is 16.3 Å². The van der Waals surface area contributed by atoms with Crippen LogP contribution in [0.25, 0.3) is 10.9 Å². The predicted octanol–water partition coefficient (Wildman–Crippen LogP) is 4.06. The molecule has 0 bridgehead atoms. The molecule has 7 nitrogen and oxygen atoms in total. The predicted molar refractivity (Wildman–Crippen MR) is 120 cm³/mol. The maximum absolute atomic E-state index is 13.0. The number of pyridine rings is 3. The molecular formula is C23H19ClN4O3. The van der Waals surface area contributed by atoms with Crippen molar-refractivity contribution >= 4 is 34.1 Å². The third-order valence-electron chi connectivity index (χ3n) is 4.88. The highest BCUT2D eigenvalue weighted by Gasteiger charge is 2.15. The maximum atomic E-state index is 13.0. The van der Waals surface area contributed by atoms with Crippen LogP contribution < -0.4 is 15.6 Å². The second kappa shape index (κ2) is 8.57. The molecule has 3 heterocycles. The summed E-state index contributed by atoms with van der Waals surface area (Å²) in [4.78, 5) is 34.5. The Morgan fingerprint density at radius 1 is 1.23 bits per heavy atom. The van der Waals surface area contributed by atoms with Gasteiger partial charge in [0, 0.05) is 24.3 Å². The number of amides is 1. The van der Waals surface area contributed by atoms with Gasteiger partial charge in [-0.3, -0.25) is 19.6 Å². The van der Waals surface area contributed by atoms with Crippen molar-refractivity contribution in [3.05, 3.63) is 93.3 Å². The van der Waals surface area contributed by atoms with Crippen LogP contribution in [-0.4, -0.2) is 27.6 Å².